The Morgan fingerprint density at radius 1 is 1.19 bits per heavy atom. The number of ether oxygens (including phenoxy) is 1. The van der Waals surface area contributed by atoms with E-state index < -0.39 is 21.9 Å². The van der Waals surface area contributed by atoms with Crippen LogP contribution in [0.15, 0.2) is 53.4 Å². The van der Waals surface area contributed by atoms with Crippen molar-refractivity contribution in [1.29, 1.82) is 0 Å². The number of para-hydroxylation sites is 1. The molecule has 0 heterocycles. The number of carboxylic acid groups (broad SMARTS) is 1. The average molecular weight is 391 g/mol. The van der Waals surface area contributed by atoms with E-state index in [1.54, 1.807) is 42.5 Å². The van der Waals surface area contributed by atoms with Gasteiger partial charge in [0.1, 0.15) is 16.9 Å². The van der Waals surface area contributed by atoms with Gasteiger partial charge in [-0.05, 0) is 29.7 Å². The Hall–Kier alpha value is -2.71. The molecule has 2 aromatic rings. The van der Waals surface area contributed by atoms with Crippen molar-refractivity contribution in [3.8, 4) is 5.75 Å². The molecule has 0 saturated carbocycles. The molecule has 0 aliphatic heterocycles. The molecule has 0 spiro atoms. The van der Waals surface area contributed by atoms with Gasteiger partial charge in [0.2, 0.25) is 10.0 Å². The van der Waals surface area contributed by atoms with E-state index in [-0.39, 0.29) is 23.6 Å². The molecule has 1 atom stereocenters. The molecule has 27 heavy (non-hydrogen) atoms. The molecule has 1 unspecified atom stereocenters. The maximum absolute atomic E-state index is 12.4. The van der Waals surface area contributed by atoms with Crippen molar-refractivity contribution in [3.05, 3.63) is 59.7 Å². The van der Waals surface area contributed by atoms with Gasteiger partial charge in [0, 0.05) is 13.0 Å². The SMILES string of the molecule is COc1ccccc1S(=O)(=O)NCCc1ccc(C(CC=O)C(=O)O)cc1. The van der Waals surface area contributed by atoms with Gasteiger partial charge >= 0.3 is 5.97 Å². The number of benzene rings is 2. The summed E-state index contributed by atoms with van der Waals surface area (Å²) in [7, 11) is -2.30. The molecule has 0 saturated heterocycles. The van der Waals surface area contributed by atoms with Gasteiger partial charge in [0.25, 0.3) is 0 Å². The third-order valence-corrected chi connectivity index (χ3v) is 5.58. The standard InChI is InChI=1S/C19H21NO6S/c1-26-17-4-2-3-5-18(17)27(24,25)20-12-10-14-6-8-15(9-7-14)16(11-13-21)19(22)23/h2-9,13,16,20H,10-12H2,1H3,(H,22,23). The summed E-state index contributed by atoms with van der Waals surface area (Å²) in [6.45, 7) is 0.177. The molecule has 2 aromatic carbocycles. The van der Waals surface area contributed by atoms with Crippen LogP contribution < -0.4 is 9.46 Å². The number of aliphatic carboxylic acids is 1. The van der Waals surface area contributed by atoms with Gasteiger partial charge in [0.05, 0.1) is 13.0 Å². The van der Waals surface area contributed by atoms with Gasteiger partial charge in [-0.3, -0.25) is 4.79 Å². The Bertz CT molecular complexity index is 893. The normalized spacial score (nSPS) is 12.3. The number of nitrogens with one attached hydrogen (secondary N) is 1. The van der Waals surface area contributed by atoms with Crippen molar-refractivity contribution in [1.82, 2.24) is 4.72 Å². The van der Waals surface area contributed by atoms with Crippen molar-refractivity contribution < 1.29 is 27.9 Å². The summed E-state index contributed by atoms with van der Waals surface area (Å²) >= 11 is 0. The van der Waals surface area contributed by atoms with Crippen LogP contribution in [0.5, 0.6) is 5.75 Å². The lowest BCUT2D eigenvalue weighted by molar-refractivity contribution is -0.139. The number of hydrogen-bond donors (Lipinski definition) is 2. The predicted octanol–water partition coefficient (Wildman–Crippen LogP) is 1.97. The van der Waals surface area contributed by atoms with Crippen LogP contribution in [-0.2, 0) is 26.0 Å². The van der Waals surface area contributed by atoms with E-state index in [0.717, 1.165) is 5.56 Å². The largest absolute Gasteiger partial charge is 0.495 e. The van der Waals surface area contributed by atoms with E-state index in [0.29, 0.717) is 18.3 Å². The van der Waals surface area contributed by atoms with Crippen LogP contribution in [0.25, 0.3) is 0 Å². The average Bonchev–Trinajstić information content (AvgIpc) is 2.66. The zero-order valence-electron chi connectivity index (χ0n) is 14.8. The molecule has 0 radical (unpaired) electrons. The molecule has 2 rings (SSSR count). The molecule has 7 nitrogen and oxygen atoms in total. The summed E-state index contributed by atoms with van der Waals surface area (Å²) in [4.78, 5) is 21.9. The number of hydrogen-bond acceptors (Lipinski definition) is 5. The fourth-order valence-electron chi connectivity index (χ4n) is 2.64. The molecule has 2 N–H and O–H groups in total. The Morgan fingerprint density at radius 2 is 1.85 bits per heavy atom. The molecule has 8 heteroatoms. The Kier molecular flexibility index (Phi) is 7.09. The highest BCUT2D eigenvalue weighted by Crippen LogP contribution is 2.23. The first kappa shape index (κ1) is 20.6. The summed E-state index contributed by atoms with van der Waals surface area (Å²) < 4.78 is 32.4. The quantitative estimate of drug-likeness (QED) is 0.599. The maximum Gasteiger partial charge on any atom is 0.311 e. The number of carbonyl (C=O) groups excluding carboxylic acids is 1. The molecular formula is C19H21NO6S. The Labute approximate surface area is 158 Å². The third kappa shape index (κ3) is 5.38. The van der Waals surface area contributed by atoms with E-state index >= 15 is 0 Å². The smallest absolute Gasteiger partial charge is 0.311 e. The highest BCUT2D eigenvalue weighted by atomic mass is 32.2. The number of rotatable bonds is 10. The van der Waals surface area contributed by atoms with Crippen molar-refractivity contribution in [2.24, 2.45) is 0 Å². The first-order valence-electron chi connectivity index (χ1n) is 8.27. The number of carboxylic acids is 1. The van der Waals surface area contributed by atoms with Gasteiger partial charge in [-0.2, -0.15) is 0 Å². The van der Waals surface area contributed by atoms with Crippen molar-refractivity contribution in [2.75, 3.05) is 13.7 Å². The molecule has 0 aliphatic rings. The van der Waals surface area contributed by atoms with Crippen LogP contribution in [0.3, 0.4) is 0 Å². The number of sulfonamides is 1. The zero-order chi connectivity index (χ0) is 19.9. The second-order valence-corrected chi connectivity index (χ2v) is 7.57. The molecule has 0 fully saturated rings. The van der Waals surface area contributed by atoms with Crippen molar-refractivity contribution >= 4 is 22.3 Å². The van der Waals surface area contributed by atoms with Gasteiger partial charge < -0.3 is 14.6 Å². The Morgan fingerprint density at radius 3 is 2.44 bits per heavy atom. The van der Waals surface area contributed by atoms with E-state index in [9.17, 15) is 18.0 Å². The molecule has 0 bridgehead atoms. The lowest BCUT2D eigenvalue weighted by Crippen LogP contribution is -2.26. The maximum atomic E-state index is 12.4. The summed E-state index contributed by atoms with van der Waals surface area (Å²) in [6.07, 6.45) is 0.923. The second kappa shape index (κ2) is 9.29. The van der Waals surface area contributed by atoms with Crippen molar-refractivity contribution in [2.45, 2.75) is 23.7 Å². The minimum atomic E-state index is -3.70. The summed E-state index contributed by atoms with van der Waals surface area (Å²) in [5, 5.41) is 9.16. The van der Waals surface area contributed by atoms with Crippen LogP contribution in [0, 0.1) is 0 Å². The van der Waals surface area contributed by atoms with Gasteiger partial charge in [-0.25, -0.2) is 13.1 Å². The number of carbonyl (C=O) groups is 2. The summed E-state index contributed by atoms with van der Waals surface area (Å²) in [5.74, 6) is -1.66. The summed E-state index contributed by atoms with van der Waals surface area (Å²) in [6, 6.07) is 13.1. The fourth-order valence-corrected chi connectivity index (χ4v) is 3.84. The van der Waals surface area contributed by atoms with Crippen LogP contribution >= 0.6 is 0 Å². The lowest BCUT2D eigenvalue weighted by atomic mass is 9.95. The van der Waals surface area contributed by atoms with E-state index in [4.69, 9.17) is 9.84 Å². The van der Waals surface area contributed by atoms with Crippen LogP contribution in [-0.4, -0.2) is 39.4 Å². The summed E-state index contributed by atoms with van der Waals surface area (Å²) in [5.41, 5.74) is 1.38. The molecule has 0 aliphatic carbocycles. The Balaban J connectivity index is 2.01. The predicted molar refractivity (Wildman–Crippen MR) is 99.4 cm³/mol. The molecule has 0 aromatic heterocycles. The lowest BCUT2D eigenvalue weighted by Gasteiger charge is -2.12. The minimum absolute atomic E-state index is 0.0704. The topological polar surface area (TPSA) is 110 Å². The van der Waals surface area contributed by atoms with Crippen LogP contribution in [0.2, 0.25) is 0 Å². The molecule has 144 valence electrons. The number of methoxy groups -OCH3 is 1. The van der Waals surface area contributed by atoms with Crippen molar-refractivity contribution in [3.63, 3.8) is 0 Å². The van der Waals surface area contributed by atoms with E-state index in [1.165, 1.54) is 13.2 Å². The molecule has 0 amide bonds. The van der Waals surface area contributed by atoms with E-state index in [1.807, 2.05) is 0 Å². The third-order valence-electron chi connectivity index (χ3n) is 4.08. The van der Waals surface area contributed by atoms with Crippen LogP contribution in [0.1, 0.15) is 23.5 Å². The van der Waals surface area contributed by atoms with Gasteiger partial charge in [-0.15, -0.1) is 0 Å². The fraction of sp³-hybridized carbons (Fsp3) is 0.263. The highest BCUT2D eigenvalue weighted by molar-refractivity contribution is 7.89. The second-order valence-electron chi connectivity index (χ2n) is 5.83. The van der Waals surface area contributed by atoms with Gasteiger partial charge in [0.15, 0.2) is 0 Å². The first-order valence-corrected chi connectivity index (χ1v) is 9.75. The first-order chi connectivity index (χ1) is 12.9. The van der Waals surface area contributed by atoms with E-state index in [2.05, 4.69) is 4.72 Å². The van der Waals surface area contributed by atoms with Gasteiger partial charge in [-0.1, -0.05) is 36.4 Å². The van der Waals surface area contributed by atoms with Crippen LogP contribution in [0.4, 0.5) is 0 Å². The molecular weight excluding hydrogens is 370 g/mol. The minimum Gasteiger partial charge on any atom is -0.495 e. The monoisotopic (exact) mass is 391 g/mol. The highest BCUT2D eigenvalue weighted by Gasteiger charge is 2.20. The number of aldehydes is 1. The zero-order valence-corrected chi connectivity index (χ0v) is 15.6.